The number of fused-ring (bicyclic) bond motifs is 10. The fourth-order valence-corrected chi connectivity index (χ4v) is 11.2. The summed E-state index contributed by atoms with van der Waals surface area (Å²) < 4.78 is 6.18. The minimum Gasteiger partial charge on any atom is -0.448 e. The maximum absolute atomic E-state index is 15.3. The molecule has 0 aromatic heterocycles. The number of hydrogen-bond donors (Lipinski definition) is 2. The number of hydrogen-bond acceptors (Lipinski definition) is 6. The summed E-state index contributed by atoms with van der Waals surface area (Å²) in [6.07, 6.45) is 6.78. The first kappa shape index (κ1) is 40.9. The number of amides is 1. The van der Waals surface area contributed by atoms with Gasteiger partial charge in [0, 0.05) is 28.5 Å². The van der Waals surface area contributed by atoms with Gasteiger partial charge in [-0.05, 0) is 111 Å². The molecule has 7 nitrogen and oxygen atoms in total. The monoisotopic (exact) mass is 793 g/mol. The van der Waals surface area contributed by atoms with E-state index in [-0.39, 0.29) is 36.7 Å². The summed E-state index contributed by atoms with van der Waals surface area (Å²) in [5.74, 6) is -0.905. The number of aliphatic hydroxyl groups is 2. The van der Waals surface area contributed by atoms with Gasteiger partial charge in [-0.3, -0.25) is 14.4 Å². The van der Waals surface area contributed by atoms with Gasteiger partial charge >= 0.3 is 5.97 Å². The summed E-state index contributed by atoms with van der Waals surface area (Å²) in [5.41, 5.74) is 1.89. The Balaban J connectivity index is 1.24. The lowest BCUT2D eigenvalue weighted by atomic mass is 9.64. The highest BCUT2D eigenvalue weighted by Crippen LogP contribution is 2.66. The number of rotatable bonds is 8. The van der Waals surface area contributed by atoms with Gasteiger partial charge in [-0.15, -0.1) is 0 Å². The molecule has 308 valence electrons. The van der Waals surface area contributed by atoms with E-state index in [0.717, 1.165) is 34.2 Å². The van der Waals surface area contributed by atoms with Crippen LogP contribution in [0.1, 0.15) is 125 Å². The summed E-state index contributed by atoms with van der Waals surface area (Å²) in [6.45, 7) is 10.4. The van der Waals surface area contributed by atoms with E-state index >= 15 is 9.59 Å². The van der Waals surface area contributed by atoms with Crippen molar-refractivity contribution >= 4 is 17.7 Å². The summed E-state index contributed by atoms with van der Waals surface area (Å²) in [5, 5.41) is 24.6. The molecule has 5 aliphatic rings. The van der Waals surface area contributed by atoms with E-state index in [1.165, 1.54) is 5.57 Å². The average Bonchev–Trinajstić information content (AvgIpc) is 3.67. The summed E-state index contributed by atoms with van der Waals surface area (Å²) in [7, 11) is 0. The molecular formula is C52H59NO6. The van der Waals surface area contributed by atoms with Crippen molar-refractivity contribution in [1.29, 1.82) is 0 Å². The first-order chi connectivity index (χ1) is 28.1. The maximum Gasteiger partial charge on any atom is 0.313 e. The van der Waals surface area contributed by atoms with Gasteiger partial charge in [0.15, 0.2) is 11.4 Å². The molecule has 4 aromatic rings. The topological polar surface area (TPSA) is 104 Å². The van der Waals surface area contributed by atoms with Crippen molar-refractivity contribution in [2.45, 2.75) is 122 Å². The molecule has 1 aliphatic heterocycles. The van der Waals surface area contributed by atoms with Crippen LogP contribution in [0.25, 0.3) is 11.1 Å². The van der Waals surface area contributed by atoms with E-state index in [0.29, 0.717) is 62.5 Å². The average molecular weight is 794 g/mol. The fourth-order valence-electron chi connectivity index (χ4n) is 11.2. The van der Waals surface area contributed by atoms with Crippen LogP contribution >= 0.6 is 0 Å². The molecule has 7 heteroatoms. The Hall–Kier alpha value is -4.85. The third kappa shape index (κ3) is 6.79. The smallest absolute Gasteiger partial charge is 0.313 e. The number of ether oxygens (including phenoxy) is 1. The molecule has 0 radical (unpaired) electrons. The minimum absolute atomic E-state index is 0.0485. The molecule has 2 N–H and O–H groups in total. The summed E-state index contributed by atoms with van der Waals surface area (Å²) in [6, 6.07) is 33.6. The van der Waals surface area contributed by atoms with Gasteiger partial charge in [0.05, 0.1) is 23.7 Å². The zero-order chi connectivity index (χ0) is 41.8. The van der Waals surface area contributed by atoms with Crippen molar-refractivity contribution in [3.8, 4) is 11.1 Å². The summed E-state index contributed by atoms with van der Waals surface area (Å²) in [4.78, 5) is 45.6. The highest BCUT2D eigenvalue weighted by molar-refractivity contribution is 6.14. The van der Waals surface area contributed by atoms with E-state index in [1.54, 1.807) is 4.90 Å². The number of allylic oxidation sites excluding steroid dienone is 2. The molecule has 9 rings (SSSR count). The number of benzene rings is 4. The van der Waals surface area contributed by atoms with Gasteiger partial charge in [-0.2, -0.15) is 0 Å². The van der Waals surface area contributed by atoms with E-state index in [2.05, 4.69) is 26.0 Å². The van der Waals surface area contributed by atoms with Crippen molar-refractivity contribution < 1.29 is 29.3 Å². The van der Waals surface area contributed by atoms with E-state index in [4.69, 9.17) is 4.74 Å². The lowest BCUT2D eigenvalue weighted by Gasteiger charge is -2.47. The molecule has 4 bridgehead atoms. The molecule has 1 amide bonds. The highest BCUT2D eigenvalue weighted by Gasteiger charge is 2.76. The zero-order valence-electron chi connectivity index (χ0n) is 35.3. The molecule has 4 aliphatic carbocycles. The van der Waals surface area contributed by atoms with Crippen LogP contribution in [-0.4, -0.2) is 56.6 Å². The number of esters is 1. The fraction of sp³-hybridized carbons (Fsp3) is 0.442. The van der Waals surface area contributed by atoms with Crippen LogP contribution in [0.15, 0.2) is 115 Å². The van der Waals surface area contributed by atoms with Gasteiger partial charge in [0.25, 0.3) is 5.91 Å². The molecule has 2 saturated carbocycles. The van der Waals surface area contributed by atoms with Crippen molar-refractivity contribution in [2.24, 2.45) is 16.2 Å². The number of carbonyl (C=O) groups is 3. The van der Waals surface area contributed by atoms with E-state index in [9.17, 15) is 15.0 Å². The lowest BCUT2D eigenvalue weighted by Crippen LogP contribution is -2.60. The standard InChI is InChI=1S/C52H59NO6/c1-35-15-14-27-49(4)44(41-25-23-37(31-39(54)24-22-35)32-43(41)45(55)42-21-13-12-20-40(42)38-18-10-7-11-19-38)26-28-51(49,58)34-53(33-36-16-8-6-9-17-36)46(56)52-30-29-50(5,47(57)59-52)48(52,2)3/h6-13,15-21,23,25,32,39,44,54,58H,14,22,24,26-31,33-34H2,1-5H3/t39-,44-,49-,50-,51+,52+/m0/s1. The predicted octanol–water partition coefficient (Wildman–Crippen LogP) is 9.77. The lowest BCUT2D eigenvalue weighted by molar-refractivity contribution is -0.178. The number of nitrogens with zero attached hydrogens (tertiary/aromatic N) is 1. The van der Waals surface area contributed by atoms with Gasteiger partial charge in [-0.1, -0.05) is 129 Å². The Kier molecular flexibility index (Phi) is 10.6. The number of ketones is 1. The van der Waals surface area contributed by atoms with E-state index in [1.807, 2.05) is 118 Å². The molecule has 1 saturated heterocycles. The molecule has 0 unspecified atom stereocenters. The number of aliphatic hydroxyl groups excluding tert-OH is 1. The predicted molar refractivity (Wildman–Crippen MR) is 231 cm³/mol. The van der Waals surface area contributed by atoms with Crippen LogP contribution in [0.4, 0.5) is 0 Å². The highest BCUT2D eigenvalue weighted by atomic mass is 16.6. The van der Waals surface area contributed by atoms with Crippen molar-refractivity contribution in [3.05, 3.63) is 143 Å². The first-order valence-corrected chi connectivity index (χ1v) is 21.6. The Morgan fingerprint density at radius 3 is 2.20 bits per heavy atom. The SMILES string of the molecule is CC1=CCC[C@@]2(C)[C@@H](CC[C@@]2(O)CN(Cc2ccccc2)C(=O)[C@@]23CC[C@@](C)(C(=O)O2)C3(C)C)c2ccc(cc2C(=O)c2ccccc2-c2ccccc2)C[C@@H](O)CC1. The second-order valence-corrected chi connectivity index (χ2v) is 19.0. The van der Waals surface area contributed by atoms with Gasteiger partial charge in [0.1, 0.15) is 0 Å². The summed E-state index contributed by atoms with van der Waals surface area (Å²) >= 11 is 0. The second kappa shape index (κ2) is 15.3. The van der Waals surface area contributed by atoms with Crippen molar-refractivity contribution in [2.75, 3.05) is 6.54 Å². The van der Waals surface area contributed by atoms with Gasteiger partial charge in [-0.25, -0.2) is 0 Å². The molecule has 0 spiro atoms. The van der Waals surface area contributed by atoms with Crippen LogP contribution in [0.2, 0.25) is 0 Å². The molecule has 1 heterocycles. The van der Waals surface area contributed by atoms with E-state index < -0.39 is 33.6 Å². The third-order valence-corrected chi connectivity index (χ3v) is 15.6. The third-order valence-electron chi connectivity index (χ3n) is 15.6. The van der Waals surface area contributed by atoms with Crippen LogP contribution < -0.4 is 0 Å². The van der Waals surface area contributed by atoms with Crippen molar-refractivity contribution in [3.63, 3.8) is 0 Å². The molecular weight excluding hydrogens is 735 g/mol. The molecule has 4 aromatic carbocycles. The second-order valence-electron chi connectivity index (χ2n) is 19.0. The zero-order valence-corrected chi connectivity index (χ0v) is 35.3. The Bertz CT molecular complexity index is 2280. The largest absolute Gasteiger partial charge is 0.448 e. The Labute approximate surface area is 349 Å². The van der Waals surface area contributed by atoms with Crippen molar-refractivity contribution in [1.82, 2.24) is 4.90 Å². The Morgan fingerprint density at radius 2 is 1.51 bits per heavy atom. The maximum atomic E-state index is 15.3. The minimum atomic E-state index is -1.36. The first-order valence-electron chi connectivity index (χ1n) is 21.6. The van der Waals surface area contributed by atoms with Crippen LogP contribution in [0.3, 0.4) is 0 Å². The van der Waals surface area contributed by atoms with Crippen LogP contribution in [0.5, 0.6) is 0 Å². The van der Waals surface area contributed by atoms with Crippen LogP contribution in [-0.2, 0) is 27.3 Å². The normalized spacial score (nSPS) is 29.9. The Morgan fingerprint density at radius 1 is 0.814 bits per heavy atom. The quantitative estimate of drug-likeness (QED) is 0.105. The van der Waals surface area contributed by atoms with Crippen LogP contribution in [0, 0.1) is 16.2 Å². The molecule has 3 fully saturated rings. The van der Waals surface area contributed by atoms with Gasteiger partial charge < -0.3 is 19.8 Å². The molecule has 6 atom stereocenters. The molecule has 59 heavy (non-hydrogen) atoms. The van der Waals surface area contributed by atoms with Gasteiger partial charge in [0.2, 0.25) is 0 Å². The number of carbonyl (C=O) groups excluding carboxylic acids is 3.